The molecule has 0 heterocycles. The molecular weight excluding hydrogens is 246 g/mol. The van der Waals surface area contributed by atoms with Crippen LogP contribution in [0.5, 0.6) is 0 Å². The minimum absolute atomic E-state index is 0. The van der Waals surface area contributed by atoms with Gasteiger partial charge < -0.3 is 9.29 Å². The van der Waals surface area contributed by atoms with E-state index in [9.17, 15) is 17.9 Å². The van der Waals surface area contributed by atoms with Crippen LogP contribution in [0.1, 0.15) is 17.3 Å². The third-order valence-electron chi connectivity index (χ3n) is 1.57. The third kappa shape index (κ3) is 4.31. The van der Waals surface area contributed by atoms with E-state index in [1.807, 2.05) is 0 Å². The fourth-order valence-corrected chi connectivity index (χ4v) is 1.42. The molecule has 1 atom stereocenters. The summed E-state index contributed by atoms with van der Waals surface area (Å²) in [5.74, 6) is -1.54. The predicted octanol–water partition coefficient (Wildman–Crippen LogP) is -1.76. The van der Waals surface area contributed by atoms with Gasteiger partial charge in [0.1, 0.15) is 5.82 Å². The molecule has 1 unspecified atom stereocenters. The SMILES string of the molecule is CCOC(=O)c1cc(F)cc(S(=O)[O-])c1.[Na+]. The number of carbonyl (C=O) groups is 1. The van der Waals surface area contributed by atoms with E-state index in [1.54, 1.807) is 6.92 Å². The van der Waals surface area contributed by atoms with Crippen molar-refractivity contribution in [3.8, 4) is 0 Å². The number of hydrogen-bond donors (Lipinski definition) is 0. The van der Waals surface area contributed by atoms with Crippen molar-refractivity contribution in [2.75, 3.05) is 6.61 Å². The summed E-state index contributed by atoms with van der Waals surface area (Å²) in [5.41, 5.74) is -0.115. The molecule has 1 rings (SSSR count). The zero-order chi connectivity index (χ0) is 11.4. The predicted molar refractivity (Wildman–Crippen MR) is 49.5 cm³/mol. The van der Waals surface area contributed by atoms with Crippen LogP contribution in [0.15, 0.2) is 23.1 Å². The summed E-state index contributed by atoms with van der Waals surface area (Å²) in [7, 11) is 0. The summed E-state index contributed by atoms with van der Waals surface area (Å²) in [4.78, 5) is 10.9. The van der Waals surface area contributed by atoms with Gasteiger partial charge in [0.2, 0.25) is 0 Å². The molecule has 82 valence electrons. The van der Waals surface area contributed by atoms with Crippen LogP contribution >= 0.6 is 0 Å². The number of esters is 1. The Balaban J connectivity index is 0.00000225. The van der Waals surface area contributed by atoms with E-state index in [1.165, 1.54) is 0 Å². The van der Waals surface area contributed by atoms with E-state index in [2.05, 4.69) is 4.74 Å². The second-order valence-corrected chi connectivity index (χ2v) is 3.57. The van der Waals surface area contributed by atoms with Gasteiger partial charge in [-0.05, 0) is 36.2 Å². The molecule has 0 aliphatic rings. The molecule has 0 saturated carbocycles. The van der Waals surface area contributed by atoms with Gasteiger partial charge in [-0.2, -0.15) is 0 Å². The summed E-state index contributed by atoms with van der Waals surface area (Å²) >= 11 is -2.57. The van der Waals surface area contributed by atoms with Crippen molar-refractivity contribution in [2.45, 2.75) is 11.8 Å². The Morgan fingerprint density at radius 1 is 1.50 bits per heavy atom. The van der Waals surface area contributed by atoms with Gasteiger partial charge in [0.05, 0.1) is 12.2 Å². The maximum absolute atomic E-state index is 12.9. The Bertz CT molecular complexity index is 410. The topological polar surface area (TPSA) is 66.4 Å². The molecule has 16 heavy (non-hydrogen) atoms. The molecule has 0 saturated heterocycles. The van der Waals surface area contributed by atoms with E-state index >= 15 is 0 Å². The van der Waals surface area contributed by atoms with E-state index in [4.69, 9.17) is 0 Å². The van der Waals surface area contributed by atoms with Gasteiger partial charge in [0.25, 0.3) is 0 Å². The standard InChI is InChI=1S/C9H9FO4S.Na/c1-2-14-9(11)6-3-7(10)5-8(4-6)15(12)13;/h3-5H,2H2,1H3,(H,12,13);/q;+1/p-1. The number of halogens is 1. The Morgan fingerprint density at radius 3 is 2.62 bits per heavy atom. The molecule has 7 heteroatoms. The Kier molecular flexibility index (Phi) is 7.01. The molecule has 4 nitrogen and oxygen atoms in total. The number of carbonyl (C=O) groups excluding carboxylic acids is 1. The quantitative estimate of drug-likeness (QED) is 0.364. The largest absolute Gasteiger partial charge is 1.00 e. The Labute approximate surface area is 117 Å². The molecule has 0 spiro atoms. The van der Waals surface area contributed by atoms with Gasteiger partial charge in [-0.15, -0.1) is 0 Å². The monoisotopic (exact) mass is 254 g/mol. The molecule has 0 fully saturated rings. The van der Waals surface area contributed by atoms with Crippen LogP contribution in [0.2, 0.25) is 0 Å². The molecular formula is C9H8FNaO4S. The molecule has 0 aliphatic carbocycles. The zero-order valence-corrected chi connectivity index (χ0v) is 11.7. The fourth-order valence-electron chi connectivity index (χ4n) is 0.991. The summed E-state index contributed by atoms with van der Waals surface area (Å²) < 4.78 is 38.7. The summed E-state index contributed by atoms with van der Waals surface area (Å²) in [6, 6.07) is 2.81. The van der Waals surface area contributed by atoms with Crippen LogP contribution in [0.3, 0.4) is 0 Å². The number of hydrogen-bond acceptors (Lipinski definition) is 4. The third-order valence-corrected chi connectivity index (χ3v) is 2.20. The smallest absolute Gasteiger partial charge is 0.768 e. The number of ether oxygens (including phenoxy) is 1. The second kappa shape index (κ2) is 7.13. The average molecular weight is 254 g/mol. The van der Waals surface area contributed by atoms with E-state index in [0.29, 0.717) is 0 Å². The van der Waals surface area contributed by atoms with Crippen molar-refractivity contribution in [1.82, 2.24) is 0 Å². The number of rotatable bonds is 3. The van der Waals surface area contributed by atoms with E-state index < -0.39 is 22.9 Å². The first-order chi connectivity index (χ1) is 7.04. The van der Waals surface area contributed by atoms with Crippen LogP contribution in [0, 0.1) is 5.82 Å². The van der Waals surface area contributed by atoms with Crippen molar-refractivity contribution < 1.29 is 52.2 Å². The molecule has 0 bridgehead atoms. The molecule has 0 aromatic heterocycles. The first kappa shape index (κ1) is 15.7. The molecule has 0 aliphatic heterocycles. The van der Waals surface area contributed by atoms with Crippen molar-refractivity contribution in [2.24, 2.45) is 0 Å². The molecule has 0 N–H and O–H groups in total. The van der Waals surface area contributed by atoms with Gasteiger partial charge >= 0.3 is 35.5 Å². The minimum Gasteiger partial charge on any atom is -0.768 e. The first-order valence-electron chi connectivity index (χ1n) is 4.11. The maximum Gasteiger partial charge on any atom is 1.00 e. The summed E-state index contributed by atoms with van der Waals surface area (Å²) in [6.45, 7) is 1.75. The normalized spacial score (nSPS) is 11.4. The van der Waals surface area contributed by atoms with Crippen molar-refractivity contribution >= 4 is 17.0 Å². The van der Waals surface area contributed by atoms with Gasteiger partial charge in [-0.1, -0.05) is 0 Å². The summed E-state index contributed by atoms with van der Waals surface area (Å²) in [6.07, 6.45) is 0. The van der Waals surface area contributed by atoms with Gasteiger partial charge in [-0.3, -0.25) is 4.21 Å². The molecule has 0 radical (unpaired) electrons. The molecule has 1 aromatic rings. The average Bonchev–Trinajstić information content (AvgIpc) is 2.17. The van der Waals surface area contributed by atoms with Gasteiger partial charge in [0.15, 0.2) is 0 Å². The van der Waals surface area contributed by atoms with Crippen LogP contribution in [0.25, 0.3) is 0 Å². The zero-order valence-electron chi connectivity index (χ0n) is 8.86. The molecule has 1 aromatic carbocycles. The maximum atomic E-state index is 12.9. The van der Waals surface area contributed by atoms with Crippen LogP contribution < -0.4 is 29.6 Å². The Hall–Kier alpha value is -0.270. The van der Waals surface area contributed by atoms with Gasteiger partial charge in [0, 0.05) is 4.90 Å². The van der Waals surface area contributed by atoms with Crippen molar-refractivity contribution in [3.63, 3.8) is 0 Å². The number of benzene rings is 1. The van der Waals surface area contributed by atoms with Crippen molar-refractivity contribution in [3.05, 3.63) is 29.6 Å². The first-order valence-corrected chi connectivity index (χ1v) is 5.19. The van der Waals surface area contributed by atoms with E-state index in [-0.39, 0.29) is 46.6 Å². The van der Waals surface area contributed by atoms with Crippen LogP contribution in [-0.4, -0.2) is 21.3 Å². The molecule has 0 amide bonds. The second-order valence-electron chi connectivity index (χ2n) is 2.63. The fraction of sp³-hybridized carbons (Fsp3) is 0.222. The van der Waals surface area contributed by atoms with Crippen molar-refractivity contribution in [1.29, 1.82) is 0 Å². The van der Waals surface area contributed by atoms with Gasteiger partial charge in [-0.25, -0.2) is 9.18 Å². The summed E-state index contributed by atoms with van der Waals surface area (Å²) in [5, 5.41) is 0. The van der Waals surface area contributed by atoms with Crippen LogP contribution in [-0.2, 0) is 15.8 Å². The minimum atomic E-state index is -2.57. The van der Waals surface area contributed by atoms with Crippen LogP contribution in [0.4, 0.5) is 4.39 Å². The van der Waals surface area contributed by atoms with E-state index in [0.717, 1.165) is 18.2 Å². The Morgan fingerprint density at radius 2 is 2.12 bits per heavy atom.